The zero-order chi connectivity index (χ0) is 13.5. The van der Waals surface area contributed by atoms with Gasteiger partial charge in [0.25, 0.3) is 0 Å². The second-order valence-corrected chi connectivity index (χ2v) is 4.25. The third-order valence-corrected chi connectivity index (χ3v) is 2.72. The molecule has 1 aromatic carbocycles. The molecule has 2 atom stereocenters. The summed E-state index contributed by atoms with van der Waals surface area (Å²) in [5, 5.41) is 0. The summed E-state index contributed by atoms with van der Waals surface area (Å²) in [6.07, 6.45) is 3.15. The molecule has 19 heavy (non-hydrogen) atoms. The van der Waals surface area contributed by atoms with Crippen molar-refractivity contribution in [1.29, 1.82) is 0 Å². The molecule has 1 fully saturated rings. The summed E-state index contributed by atoms with van der Waals surface area (Å²) in [7, 11) is 0. The van der Waals surface area contributed by atoms with Crippen molar-refractivity contribution < 1.29 is 19.0 Å². The van der Waals surface area contributed by atoms with Gasteiger partial charge in [-0.2, -0.15) is 0 Å². The van der Waals surface area contributed by atoms with Crippen LogP contribution in [-0.4, -0.2) is 31.4 Å². The van der Waals surface area contributed by atoms with Crippen LogP contribution in [0.4, 0.5) is 0 Å². The number of esters is 1. The zero-order valence-electron chi connectivity index (χ0n) is 11.0. The zero-order valence-corrected chi connectivity index (χ0v) is 11.0. The minimum atomic E-state index is -0.332. The lowest BCUT2D eigenvalue weighted by molar-refractivity contribution is -0.137. The predicted molar refractivity (Wildman–Crippen MR) is 70.5 cm³/mol. The molecule has 0 radical (unpaired) electrons. The van der Waals surface area contributed by atoms with Crippen molar-refractivity contribution in [3.8, 4) is 0 Å². The standard InChI is InChI=1S/C15H18O4/c1-2-18-15(16)9-8-13-14(19-13)11-17-10-12-6-4-3-5-7-12/h3-9,13-14H,2,10-11H2,1H3/b9-8+/t13-,14-/m0/s1. The monoisotopic (exact) mass is 262 g/mol. The molecule has 2 rings (SSSR count). The average Bonchev–Trinajstić information content (AvgIpc) is 3.17. The molecule has 0 amide bonds. The van der Waals surface area contributed by atoms with E-state index in [-0.39, 0.29) is 18.2 Å². The molecular formula is C15H18O4. The number of carbonyl (C=O) groups is 1. The van der Waals surface area contributed by atoms with Crippen LogP contribution in [0.2, 0.25) is 0 Å². The topological polar surface area (TPSA) is 48.1 Å². The minimum absolute atomic E-state index is 0.0276. The Kier molecular flexibility index (Phi) is 5.12. The third kappa shape index (κ3) is 4.85. The van der Waals surface area contributed by atoms with Crippen molar-refractivity contribution in [1.82, 2.24) is 0 Å². The number of hydrogen-bond donors (Lipinski definition) is 0. The van der Waals surface area contributed by atoms with Crippen LogP contribution in [0.3, 0.4) is 0 Å². The molecule has 1 saturated heterocycles. The summed E-state index contributed by atoms with van der Waals surface area (Å²) in [5.74, 6) is -0.332. The third-order valence-electron chi connectivity index (χ3n) is 2.72. The molecule has 4 heteroatoms. The van der Waals surface area contributed by atoms with Gasteiger partial charge in [-0.1, -0.05) is 30.3 Å². The lowest BCUT2D eigenvalue weighted by Crippen LogP contribution is -2.05. The Balaban J connectivity index is 1.61. The highest BCUT2D eigenvalue weighted by Crippen LogP contribution is 2.23. The van der Waals surface area contributed by atoms with Gasteiger partial charge in [0.2, 0.25) is 0 Å². The van der Waals surface area contributed by atoms with Gasteiger partial charge in [-0.3, -0.25) is 0 Å². The van der Waals surface area contributed by atoms with Crippen LogP contribution in [0.25, 0.3) is 0 Å². The van der Waals surface area contributed by atoms with Crippen LogP contribution in [-0.2, 0) is 25.6 Å². The number of benzene rings is 1. The van der Waals surface area contributed by atoms with Crippen LogP contribution >= 0.6 is 0 Å². The van der Waals surface area contributed by atoms with E-state index in [1.807, 2.05) is 30.3 Å². The SMILES string of the molecule is CCOC(=O)/C=C/[C@@H]1O[C@H]1COCc1ccccc1. The first kappa shape index (κ1) is 13.8. The second-order valence-electron chi connectivity index (χ2n) is 4.25. The van der Waals surface area contributed by atoms with Crippen LogP contribution in [0.15, 0.2) is 42.5 Å². The molecule has 0 aliphatic carbocycles. The van der Waals surface area contributed by atoms with Crippen molar-refractivity contribution in [2.75, 3.05) is 13.2 Å². The summed E-state index contributed by atoms with van der Waals surface area (Å²) in [6, 6.07) is 9.98. The first-order valence-electron chi connectivity index (χ1n) is 6.41. The highest BCUT2D eigenvalue weighted by atomic mass is 16.6. The van der Waals surface area contributed by atoms with Crippen LogP contribution in [0.1, 0.15) is 12.5 Å². The fraction of sp³-hybridized carbons (Fsp3) is 0.400. The van der Waals surface area contributed by atoms with Crippen molar-refractivity contribution in [2.45, 2.75) is 25.7 Å². The highest BCUT2D eigenvalue weighted by molar-refractivity contribution is 5.82. The average molecular weight is 262 g/mol. The second kappa shape index (κ2) is 7.07. The van der Waals surface area contributed by atoms with Gasteiger partial charge < -0.3 is 14.2 Å². The van der Waals surface area contributed by atoms with E-state index in [0.29, 0.717) is 19.8 Å². The molecule has 0 unspecified atom stereocenters. The predicted octanol–water partition coefficient (Wildman–Crippen LogP) is 2.09. The Morgan fingerprint density at radius 2 is 2.16 bits per heavy atom. The molecule has 0 N–H and O–H groups in total. The van der Waals surface area contributed by atoms with Crippen molar-refractivity contribution in [3.63, 3.8) is 0 Å². The molecule has 1 heterocycles. The molecule has 0 aromatic heterocycles. The lowest BCUT2D eigenvalue weighted by atomic mass is 10.2. The number of ether oxygens (including phenoxy) is 3. The molecule has 0 bridgehead atoms. The summed E-state index contributed by atoms with van der Waals surface area (Å²) in [4.78, 5) is 11.1. The molecule has 4 nitrogen and oxygen atoms in total. The lowest BCUT2D eigenvalue weighted by Gasteiger charge is -2.01. The van der Waals surface area contributed by atoms with E-state index >= 15 is 0 Å². The Morgan fingerprint density at radius 3 is 2.89 bits per heavy atom. The van der Waals surface area contributed by atoms with E-state index in [0.717, 1.165) is 5.56 Å². The fourth-order valence-corrected chi connectivity index (χ4v) is 1.69. The van der Waals surface area contributed by atoms with Gasteiger partial charge in [-0.15, -0.1) is 0 Å². The summed E-state index contributed by atoms with van der Waals surface area (Å²) in [5.41, 5.74) is 1.14. The molecule has 0 spiro atoms. The van der Waals surface area contributed by atoms with E-state index in [1.165, 1.54) is 6.08 Å². The Labute approximate surface area is 113 Å². The number of epoxide rings is 1. The largest absolute Gasteiger partial charge is 0.463 e. The first-order valence-corrected chi connectivity index (χ1v) is 6.41. The molecule has 1 aromatic rings. The van der Waals surface area contributed by atoms with Gasteiger partial charge in [-0.05, 0) is 18.6 Å². The normalized spacial score (nSPS) is 21.5. The smallest absolute Gasteiger partial charge is 0.330 e. The van der Waals surface area contributed by atoms with Crippen molar-refractivity contribution in [3.05, 3.63) is 48.0 Å². The van der Waals surface area contributed by atoms with Crippen LogP contribution in [0, 0.1) is 0 Å². The molecule has 1 aliphatic rings. The molecular weight excluding hydrogens is 244 g/mol. The van der Waals surface area contributed by atoms with Gasteiger partial charge >= 0.3 is 5.97 Å². The van der Waals surface area contributed by atoms with Gasteiger partial charge in [-0.25, -0.2) is 4.79 Å². The maximum Gasteiger partial charge on any atom is 0.330 e. The van der Waals surface area contributed by atoms with E-state index in [1.54, 1.807) is 13.0 Å². The van der Waals surface area contributed by atoms with Crippen LogP contribution < -0.4 is 0 Å². The highest BCUT2D eigenvalue weighted by Gasteiger charge is 2.36. The van der Waals surface area contributed by atoms with Crippen molar-refractivity contribution >= 4 is 5.97 Å². The van der Waals surface area contributed by atoms with E-state index in [2.05, 4.69) is 0 Å². The Bertz CT molecular complexity index is 427. The molecule has 1 aliphatic heterocycles. The van der Waals surface area contributed by atoms with Gasteiger partial charge in [0.15, 0.2) is 0 Å². The van der Waals surface area contributed by atoms with Gasteiger partial charge in [0.1, 0.15) is 12.2 Å². The summed E-state index contributed by atoms with van der Waals surface area (Å²) < 4.78 is 15.7. The quantitative estimate of drug-likeness (QED) is 0.429. The summed E-state index contributed by atoms with van der Waals surface area (Å²) in [6.45, 7) is 3.28. The van der Waals surface area contributed by atoms with Gasteiger partial charge in [0.05, 0.1) is 19.8 Å². The van der Waals surface area contributed by atoms with E-state index in [4.69, 9.17) is 14.2 Å². The fourth-order valence-electron chi connectivity index (χ4n) is 1.69. The number of rotatable bonds is 7. The number of hydrogen-bond acceptors (Lipinski definition) is 4. The Hall–Kier alpha value is -1.65. The number of carbonyl (C=O) groups excluding carboxylic acids is 1. The maximum atomic E-state index is 11.1. The minimum Gasteiger partial charge on any atom is -0.463 e. The van der Waals surface area contributed by atoms with Crippen molar-refractivity contribution in [2.24, 2.45) is 0 Å². The molecule has 102 valence electrons. The van der Waals surface area contributed by atoms with Crippen LogP contribution in [0.5, 0.6) is 0 Å². The molecule has 0 saturated carbocycles. The summed E-state index contributed by atoms with van der Waals surface area (Å²) >= 11 is 0. The Morgan fingerprint density at radius 1 is 1.37 bits per heavy atom. The van der Waals surface area contributed by atoms with E-state index < -0.39 is 0 Å². The van der Waals surface area contributed by atoms with E-state index in [9.17, 15) is 4.79 Å². The first-order chi connectivity index (χ1) is 9.29. The maximum absolute atomic E-state index is 11.1. The van der Waals surface area contributed by atoms with Gasteiger partial charge in [0, 0.05) is 6.08 Å².